The molecule has 1 aromatic carbocycles. The highest BCUT2D eigenvalue weighted by molar-refractivity contribution is 5.90. The smallest absolute Gasteiger partial charge is 0.322 e. The van der Waals surface area contributed by atoms with E-state index in [0.29, 0.717) is 30.6 Å². The Balaban J connectivity index is 1.79. The molecule has 1 saturated heterocycles. The van der Waals surface area contributed by atoms with Crippen LogP contribution in [0.5, 0.6) is 0 Å². The van der Waals surface area contributed by atoms with Crippen LogP contribution in [-0.2, 0) is 4.74 Å². The summed E-state index contributed by atoms with van der Waals surface area (Å²) in [5, 5.41) is 3.00. The van der Waals surface area contributed by atoms with Crippen molar-refractivity contribution >= 4 is 11.7 Å². The molecule has 1 aromatic heterocycles. The maximum absolute atomic E-state index is 13.1. The third-order valence-electron chi connectivity index (χ3n) is 5.49. The molecule has 7 heteroatoms. The Hall–Kier alpha value is -2.54. The van der Waals surface area contributed by atoms with Gasteiger partial charge in [0.05, 0.1) is 24.5 Å². The number of amides is 2. The van der Waals surface area contributed by atoms with Crippen LogP contribution < -0.4 is 5.32 Å². The lowest BCUT2D eigenvalue weighted by Gasteiger charge is -2.41. The van der Waals surface area contributed by atoms with Crippen molar-refractivity contribution < 1.29 is 13.9 Å². The zero-order chi connectivity index (χ0) is 21.0. The Morgan fingerprint density at radius 1 is 1.38 bits per heavy atom. The van der Waals surface area contributed by atoms with E-state index in [0.717, 1.165) is 36.4 Å². The minimum absolute atomic E-state index is 0.0188. The van der Waals surface area contributed by atoms with Gasteiger partial charge in [-0.3, -0.25) is 0 Å². The Kier molecular flexibility index (Phi) is 6.79. The van der Waals surface area contributed by atoms with Gasteiger partial charge in [0.15, 0.2) is 11.6 Å². The van der Waals surface area contributed by atoms with Gasteiger partial charge in [-0.15, -0.1) is 0 Å². The predicted octanol–water partition coefficient (Wildman–Crippen LogP) is 4.65. The lowest BCUT2D eigenvalue weighted by Crippen LogP contribution is -2.52. The molecule has 0 bridgehead atoms. The molecule has 2 heterocycles. The number of aryl methyl sites for hydroxylation is 1. The number of benzene rings is 1. The number of hydrogen-bond donors (Lipinski definition) is 1. The quantitative estimate of drug-likeness (QED) is 0.793. The number of carbonyl (C=O) groups is 1. The number of ether oxygens (including phenoxy) is 1. The average Bonchev–Trinajstić information content (AvgIpc) is 2.70. The predicted molar refractivity (Wildman–Crippen MR) is 111 cm³/mol. The number of anilines is 1. The van der Waals surface area contributed by atoms with E-state index in [1.54, 1.807) is 0 Å². The summed E-state index contributed by atoms with van der Waals surface area (Å²) in [6.45, 7) is 9.48. The molecule has 1 unspecified atom stereocenters. The van der Waals surface area contributed by atoms with E-state index in [-0.39, 0.29) is 18.2 Å². The summed E-state index contributed by atoms with van der Waals surface area (Å²) >= 11 is 0. The normalized spacial score (nSPS) is 20.4. The molecular weight excluding hydrogens is 371 g/mol. The van der Waals surface area contributed by atoms with Gasteiger partial charge in [0.1, 0.15) is 0 Å². The molecule has 3 rings (SSSR count). The number of halogens is 1. The molecular formula is C22H29FN4O2. The molecule has 3 atom stereocenters. The molecule has 1 aliphatic heterocycles. The van der Waals surface area contributed by atoms with Gasteiger partial charge in [-0.1, -0.05) is 13.0 Å². The first kappa shape index (κ1) is 21.2. The zero-order valence-corrected chi connectivity index (χ0v) is 17.5. The van der Waals surface area contributed by atoms with Crippen molar-refractivity contribution in [3.63, 3.8) is 0 Å². The molecule has 2 amide bonds. The van der Waals surface area contributed by atoms with Crippen molar-refractivity contribution in [1.82, 2.24) is 14.9 Å². The second-order valence-electron chi connectivity index (χ2n) is 7.74. The lowest BCUT2D eigenvalue weighted by molar-refractivity contribution is -0.00525. The minimum atomic E-state index is -0.482. The van der Waals surface area contributed by atoms with E-state index in [1.807, 2.05) is 43.9 Å². The second kappa shape index (κ2) is 9.31. The van der Waals surface area contributed by atoms with Crippen LogP contribution in [-0.4, -0.2) is 46.2 Å². The fourth-order valence-corrected chi connectivity index (χ4v) is 3.84. The Morgan fingerprint density at radius 3 is 2.79 bits per heavy atom. The van der Waals surface area contributed by atoms with E-state index < -0.39 is 5.82 Å². The van der Waals surface area contributed by atoms with Crippen LogP contribution in [0.3, 0.4) is 0 Å². The largest absolute Gasteiger partial charge is 0.377 e. The van der Waals surface area contributed by atoms with Gasteiger partial charge in [0.2, 0.25) is 0 Å². The number of likely N-dealkylation sites (tertiary alicyclic amines) is 1. The molecule has 29 heavy (non-hydrogen) atoms. The van der Waals surface area contributed by atoms with E-state index >= 15 is 0 Å². The Bertz CT molecular complexity index is 843. The molecule has 0 aliphatic carbocycles. The standard InChI is InChI=1S/C22H29FN4O2/c1-5-29-16(4)20-10-14(2)8-9-27(20)22(28)26-18-7-6-15(3)19(11-18)21-24-12-17(23)13-25-21/h6-7,11-14,16,20H,5,8-10H2,1-4H3,(H,26,28)/t14-,16-,20?/m0/s1. The van der Waals surface area contributed by atoms with E-state index in [9.17, 15) is 9.18 Å². The van der Waals surface area contributed by atoms with Gasteiger partial charge in [-0.2, -0.15) is 0 Å². The molecule has 1 N–H and O–H groups in total. The maximum Gasteiger partial charge on any atom is 0.322 e. The number of nitrogens with zero attached hydrogens (tertiary/aromatic N) is 3. The van der Waals surface area contributed by atoms with Crippen LogP contribution in [0.25, 0.3) is 11.4 Å². The number of urea groups is 1. The molecule has 2 aromatic rings. The monoisotopic (exact) mass is 400 g/mol. The maximum atomic E-state index is 13.1. The van der Waals surface area contributed by atoms with E-state index in [4.69, 9.17) is 4.74 Å². The number of aromatic nitrogens is 2. The van der Waals surface area contributed by atoms with Crippen molar-refractivity contribution in [3.8, 4) is 11.4 Å². The average molecular weight is 400 g/mol. The van der Waals surface area contributed by atoms with Crippen molar-refractivity contribution in [3.05, 3.63) is 42.0 Å². The van der Waals surface area contributed by atoms with Crippen LogP contribution in [0.15, 0.2) is 30.6 Å². The summed E-state index contributed by atoms with van der Waals surface area (Å²) < 4.78 is 18.9. The van der Waals surface area contributed by atoms with Crippen molar-refractivity contribution in [2.75, 3.05) is 18.5 Å². The molecule has 0 saturated carbocycles. The third-order valence-corrected chi connectivity index (χ3v) is 5.49. The molecule has 1 aliphatic rings. The molecule has 1 fully saturated rings. The first-order valence-corrected chi connectivity index (χ1v) is 10.2. The summed E-state index contributed by atoms with van der Waals surface area (Å²) in [5.41, 5.74) is 2.36. The Morgan fingerprint density at radius 2 is 2.10 bits per heavy atom. The van der Waals surface area contributed by atoms with Gasteiger partial charge in [-0.05, 0) is 57.2 Å². The van der Waals surface area contributed by atoms with Crippen LogP contribution >= 0.6 is 0 Å². The molecule has 0 spiro atoms. The van der Waals surface area contributed by atoms with Crippen LogP contribution in [0.1, 0.15) is 39.2 Å². The van der Waals surface area contributed by atoms with Crippen LogP contribution in [0, 0.1) is 18.7 Å². The lowest BCUT2D eigenvalue weighted by atomic mass is 9.90. The summed E-state index contributed by atoms with van der Waals surface area (Å²) in [6, 6.07) is 5.49. The molecule has 6 nitrogen and oxygen atoms in total. The number of piperidine rings is 1. The first-order valence-electron chi connectivity index (χ1n) is 10.2. The molecule has 0 radical (unpaired) electrons. The number of hydrogen-bond acceptors (Lipinski definition) is 4. The fourth-order valence-electron chi connectivity index (χ4n) is 3.84. The molecule has 156 valence electrons. The highest BCUT2D eigenvalue weighted by Crippen LogP contribution is 2.28. The van der Waals surface area contributed by atoms with Crippen molar-refractivity contribution in [1.29, 1.82) is 0 Å². The van der Waals surface area contributed by atoms with Gasteiger partial charge in [-0.25, -0.2) is 19.2 Å². The van der Waals surface area contributed by atoms with Gasteiger partial charge < -0.3 is 15.0 Å². The van der Waals surface area contributed by atoms with E-state index in [2.05, 4.69) is 22.2 Å². The first-order chi connectivity index (χ1) is 13.9. The Labute approximate surface area is 171 Å². The van der Waals surface area contributed by atoms with Gasteiger partial charge in [0.25, 0.3) is 0 Å². The van der Waals surface area contributed by atoms with Crippen LogP contribution in [0.4, 0.5) is 14.9 Å². The number of nitrogens with one attached hydrogen (secondary N) is 1. The topological polar surface area (TPSA) is 67.3 Å². The van der Waals surface area contributed by atoms with Gasteiger partial charge >= 0.3 is 6.03 Å². The summed E-state index contributed by atoms with van der Waals surface area (Å²) in [6.07, 6.45) is 4.17. The SMILES string of the molecule is CCO[C@@H](C)C1C[C@@H](C)CCN1C(=O)Nc1ccc(C)c(-c2ncc(F)cn2)c1. The number of rotatable bonds is 5. The fraction of sp³-hybridized carbons (Fsp3) is 0.500. The van der Waals surface area contributed by atoms with Crippen LogP contribution in [0.2, 0.25) is 0 Å². The van der Waals surface area contributed by atoms with Gasteiger partial charge in [0, 0.05) is 24.4 Å². The second-order valence-corrected chi connectivity index (χ2v) is 7.74. The summed E-state index contributed by atoms with van der Waals surface area (Å²) in [5.74, 6) is 0.507. The highest BCUT2D eigenvalue weighted by atomic mass is 19.1. The summed E-state index contributed by atoms with van der Waals surface area (Å²) in [4.78, 5) is 23.0. The third kappa shape index (κ3) is 5.09. The van der Waals surface area contributed by atoms with E-state index in [1.165, 1.54) is 0 Å². The number of carbonyl (C=O) groups excluding carboxylic acids is 1. The van der Waals surface area contributed by atoms with Crippen molar-refractivity contribution in [2.24, 2.45) is 5.92 Å². The zero-order valence-electron chi connectivity index (χ0n) is 17.5. The highest BCUT2D eigenvalue weighted by Gasteiger charge is 2.34. The minimum Gasteiger partial charge on any atom is -0.377 e. The van der Waals surface area contributed by atoms with Crippen molar-refractivity contribution in [2.45, 2.75) is 52.7 Å². The summed E-state index contributed by atoms with van der Waals surface area (Å²) in [7, 11) is 0.